The van der Waals surface area contributed by atoms with Gasteiger partial charge in [0.15, 0.2) is 5.65 Å². The molecule has 2 aromatic rings. The summed E-state index contributed by atoms with van der Waals surface area (Å²) in [5.74, 6) is -1.65. The minimum Gasteiger partial charge on any atom is -0.480 e. The molecule has 0 spiro atoms. The number of fused-ring (bicyclic) bond motifs is 1. The van der Waals surface area contributed by atoms with Gasteiger partial charge in [0.1, 0.15) is 0 Å². The van der Waals surface area contributed by atoms with Crippen LogP contribution in [0.15, 0.2) is 29.2 Å². The van der Waals surface area contributed by atoms with Gasteiger partial charge in [-0.05, 0) is 19.1 Å². The Morgan fingerprint density at radius 1 is 1.47 bits per heavy atom. The molecule has 0 amide bonds. The second-order valence-electron chi connectivity index (χ2n) is 3.81. The lowest BCUT2D eigenvalue weighted by atomic mass is 10.5. The van der Waals surface area contributed by atoms with Crippen molar-refractivity contribution in [3.05, 3.63) is 34.9 Å². The lowest BCUT2D eigenvalue weighted by molar-refractivity contribution is -0.136. The first-order chi connectivity index (χ1) is 9.00. The molecular weight excluding hydrogens is 270 g/mol. The molecule has 0 aliphatic heterocycles. The van der Waals surface area contributed by atoms with E-state index in [9.17, 15) is 14.4 Å². The number of hydrogen-bond acceptors (Lipinski definition) is 5. The Balaban J connectivity index is 2.20. The highest BCUT2D eigenvalue weighted by molar-refractivity contribution is 8.01. The van der Waals surface area contributed by atoms with Crippen LogP contribution in [0.2, 0.25) is 0 Å². The summed E-state index contributed by atoms with van der Waals surface area (Å²) in [6.07, 6.45) is 1.52. The number of carbonyl (C=O) groups is 2. The van der Waals surface area contributed by atoms with E-state index in [0.29, 0.717) is 5.65 Å². The van der Waals surface area contributed by atoms with Crippen LogP contribution in [0.4, 0.5) is 0 Å². The van der Waals surface area contributed by atoms with Gasteiger partial charge in [-0.1, -0.05) is 6.07 Å². The summed E-state index contributed by atoms with van der Waals surface area (Å²) < 4.78 is 2.01. The molecule has 0 aromatic carbocycles. The van der Waals surface area contributed by atoms with Crippen LogP contribution in [0.25, 0.3) is 5.65 Å². The summed E-state index contributed by atoms with van der Waals surface area (Å²) in [5, 5.41) is 11.9. The van der Waals surface area contributed by atoms with Gasteiger partial charge in [-0.25, -0.2) is 9.20 Å². The number of carboxylic acids is 1. The van der Waals surface area contributed by atoms with Gasteiger partial charge in [0, 0.05) is 6.20 Å². The molecule has 0 radical (unpaired) electrons. The zero-order chi connectivity index (χ0) is 14.0. The summed E-state index contributed by atoms with van der Waals surface area (Å²) in [5.41, 5.74) is -0.179. The van der Waals surface area contributed by atoms with Crippen LogP contribution in [-0.4, -0.2) is 42.2 Å². The van der Waals surface area contributed by atoms with Gasteiger partial charge in [-0.2, -0.15) is 0 Å². The van der Waals surface area contributed by atoms with Crippen LogP contribution in [0.3, 0.4) is 0 Å². The topological polar surface area (TPSA) is 93.7 Å². The van der Waals surface area contributed by atoms with Gasteiger partial charge in [0.05, 0.1) is 11.0 Å². The smallest absolute Gasteiger partial charge is 0.357 e. The summed E-state index contributed by atoms with van der Waals surface area (Å²) in [6.45, 7) is 1.48. The van der Waals surface area contributed by atoms with Crippen LogP contribution in [-0.2, 0) is 4.79 Å². The van der Waals surface area contributed by atoms with E-state index in [4.69, 9.17) is 5.11 Å². The van der Waals surface area contributed by atoms with Gasteiger partial charge >= 0.3 is 11.7 Å². The molecule has 0 saturated carbocycles. The zero-order valence-electron chi connectivity index (χ0n) is 10.0. The summed E-state index contributed by atoms with van der Waals surface area (Å²) in [7, 11) is 0. The van der Waals surface area contributed by atoms with E-state index in [1.165, 1.54) is 17.5 Å². The Morgan fingerprint density at radius 3 is 2.84 bits per heavy atom. The van der Waals surface area contributed by atoms with Gasteiger partial charge in [-0.3, -0.25) is 9.59 Å². The van der Waals surface area contributed by atoms with Crippen molar-refractivity contribution in [3.63, 3.8) is 0 Å². The van der Waals surface area contributed by atoms with Crippen molar-refractivity contribution in [2.45, 2.75) is 12.2 Å². The molecule has 0 aliphatic carbocycles. The number of aromatic nitrogens is 3. The first kappa shape index (κ1) is 13.3. The van der Waals surface area contributed by atoms with Crippen molar-refractivity contribution in [1.29, 1.82) is 0 Å². The molecule has 2 rings (SSSR count). The minimum atomic E-state index is -1.000. The summed E-state index contributed by atoms with van der Waals surface area (Å²) >= 11 is 0.948. The molecule has 0 saturated heterocycles. The van der Waals surface area contributed by atoms with Crippen LogP contribution < -0.4 is 5.69 Å². The lowest BCUT2D eigenvalue weighted by Gasteiger charge is -2.03. The average Bonchev–Trinajstić information content (AvgIpc) is 2.73. The molecule has 0 aliphatic rings. The fraction of sp³-hybridized carbons (Fsp3) is 0.273. The standard InChI is InChI=1S/C11H11N3O4S/c1-7(10(16)17)19-6-9(15)14-11(18)13-5-3-2-4-8(13)12-14/h2-5,7H,6H2,1H3,(H,16,17). The Kier molecular flexibility index (Phi) is 3.70. The molecule has 19 heavy (non-hydrogen) atoms. The van der Waals surface area contributed by atoms with Crippen LogP contribution in [0.1, 0.15) is 11.7 Å². The van der Waals surface area contributed by atoms with E-state index in [1.807, 2.05) is 0 Å². The Morgan fingerprint density at radius 2 is 2.21 bits per heavy atom. The third-order valence-electron chi connectivity index (χ3n) is 2.47. The third kappa shape index (κ3) is 2.68. The van der Waals surface area contributed by atoms with Crippen LogP contribution >= 0.6 is 11.8 Å². The van der Waals surface area contributed by atoms with Crippen molar-refractivity contribution in [2.75, 3.05) is 5.75 Å². The van der Waals surface area contributed by atoms with Crippen molar-refractivity contribution >= 4 is 29.3 Å². The predicted octanol–water partition coefficient (Wildman–Crippen LogP) is 0.342. The molecule has 1 N–H and O–H groups in total. The Labute approximate surface area is 111 Å². The molecule has 8 heteroatoms. The molecule has 7 nitrogen and oxygen atoms in total. The van der Waals surface area contributed by atoms with Crippen molar-refractivity contribution in [1.82, 2.24) is 14.2 Å². The quantitative estimate of drug-likeness (QED) is 0.868. The van der Waals surface area contributed by atoms with E-state index in [0.717, 1.165) is 16.4 Å². The second kappa shape index (κ2) is 5.27. The number of nitrogens with zero attached hydrogens (tertiary/aromatic N) is 3. The van der Waals surface area contributed by atoms with Gasteiger partial charge < -0.3 is 5.11 Å². The maximum absolute atomic E-state index is 11.9. The fourth-order valence-electron chi connectivity index (χ4n) is 1.42. The van der Waals surface area contributed by atoms with E-state index >= 15 is 0 Å². The van der Waals surface area contributed by atoms with Crippen molar-refractivity contribution < 1.29 is 14.7 Å². The highest BCUT2D eigenvalue weighted by Gasteiger charge is 2.17. The highest BCUT2D eigenvalue weighted by atomic mass is 32.2. The van der Waals surface area contributed by atoms with Crippen molar-refractivity contribution in [3.8, 4) is 0 Å². The van der Waals surface area contributed by atoms with Gasteiger partial charge in [-0.15, -0.1) is 21.5 Å². The molecule has 0 fully saturated rings. The predicted molar refractivity (Wildman–Crippen MR) is 69.6 cm³/mol. The van der Waals surface area contributed by atoms with Crippen molar-refractivity contribution in [2.24, 2.45) is 0 Å². The Bertz CT molecular complexity index is 691. The second-order valence-corrected chi connectivity index (χ2v) is 5.14. The molecule has 1 atom stereocenters. The molecule has 2 aromatic heterocycles. The summed E-state index contributed by atoms with van der Waals surface area (Å²) in [4.78, 5) is 34.3. The SMILES string of the molecule is CC(SCC(=O)n1nc2ccccn2c1=O)C(=O)O. The Hall–Kier alpha value is -2.09. The van der Waals surface area contributed by atoms with E-state index in [1.54, 1.807) is 18.2 Å². The number of aliphatic carboxylic acids is 1. The summed E-state index contributed by atoms with van der Waals surface area (Å²) in [6, 6.07) is 4.97. The zero-order valence-corrected chi connectivity index (χ0v) is 10.8. The van der Waals surface area contributed by atoms with Gasteiger partial charge in [0.25, 0.3) is 5.91 Å². The van der Waals surface area contributed by atoms with E-state index < -0.39 is 22.8 Å². The number of carboxylic acid groups (broad SMARTS) is 1. The molecule has 1 unspecified atom stereocenters. The monoisotopic (exact) mass is 281 g/mol. The normalized spacial score (nSPS) is 12.5. The third-order valence-corrected chi connectivity index (χ3v) is 3.58. The first-order valence-electron chi connectivity index (χ1n) is 5.44. The van der Waals surface area contributed by atoms with Crippen LogP contribution in [0.5, 0.6) is 0 Å². The molecular formula is C11H11N3O4S. The average molecular weight is 281 g/mol. The largest absolute Gasteiger partial charge is 0.480 e. The fourth-order valence-corrected chi connectivity index (χ4v) is 2.07. The maximum atomic E-state index is 11.9. The number of thioether (sulfide) groups is 1. The highest BCUT2D eigenvalue weighted by Crippen LogP contribution is 2.10. The number of hydrogen-bond donors (Lipinski definition) is 1. The van der Waals surface area contributed by atoms with Crippen LogP contribution in [0, 0.1) is 0 Å². The maximum Gasteiger partial charge on any atom is 0.357 e. The molecule has 0 bridgehead atoms. The van der Waals surface area contributed by atoms with E-state index in [2.05, 4.69) is 5.10 Å². The number of rotatable bonds is 4. The van der Waals surface area contributed by atoms with Gasteiger partial charge in [0.2, 0.25) is 0 Å². The van der Waals surface area contributed by atoms with E-state index in [-0.39, 0.29) is 5.75 Å². The molecule has 2 heterocycles. The minimum absolute atomic E-state index is 0.114. The first-order valence-corrected chi connectivity index (χ1v) is 6.49. The number of carbonyl (C=O) groups excluding carboxylic acids is 1. The lowest BCUT2D eigenvalue weighted by Crippen LogP contribution is -2.29. The number of pyridine rings is 1. The molecule has 100 valence electrons.